The van der Waals surface area contributed by atoms with Gasteiger partial charge in [-0.2, -0.15) is 0 Å². The van der Waals surface area contributed by atoms with Gasteiger partial charge in [0.05, 0.1) is 17.0 Å². The molecule has 2 N–H and O–H groups in total. The molecule has 2 atom stereocenters. The molecule has 2 aromatic carbocycles. The lowest BCUT2D eigenvalue weighted by atomic mass is 10.0. The van der Waals surface area contributed by atoms with Crippen molar-refractivity contribution >= 4 is 40.6 Å². The molecule has 0 fully saturated rings. The Morgan fingerprint density at radius 2 is 1.90 bits per heavy atom. The smallest absolute Gasteiger partial charge is 0.238 e. The summed E-state index contributed by atoms with van der Waals surface area (Å²) in [5.41, 5.74) is 3.12. The lowest BCUT2D eigenvalue weighted by molar-refractivity contribution is -0.124. The van der Waals surface area contributed by atoms with Crippen molar-refractivity contribution in [2.45, 2.75) is 36.0 Å². The van der Waals surface area contributed by atoms with Gasteiger partial charge in [0, 0.05) is 16.2 Å². The number of amides is 2. The summed E-state index contributed by atoms with van der Waals surface area (Å²) < 4.78 is 0. The molecule has 2 unspecified atom stereocenters. The summed E-state index contributed by atoms with van der Waals surface area (Å²) in [5, 5.41) is 7.62. The first-order valence-electron chi connectivity index (χ1n) is 9.62. The first kappa shape index (κ1) is 19.7. The van der Waals surface area contributed by atoms with Crippen molar-refractivity contribution in [2.24, 2.45) is 0 Å². The van der Waals surface area contributed by atoms with Gasteiger partial charge in [0.1, 0.15) is 0 Å². The van der Waals surface area contributed by atoms with Gasteiger partial charge >= 0.3 is 0 Å². The third-order valence-corrected chi connectivity index (χ3v) is 7.14. The number of anilines is 1. The zero-order valence-electron chi connectivity index (χ0n) is 16.1. The maximum atomic E-state index is 12.9. The van der Waals surface area contributed by atoms with Gasteiger partial charge in [0.2, 0.25) is 11.8 Å². The van der Waals surface area contributed by atoms with Crippen molar-refractivity contribution in [3.63, 3.8) is 0 Å². The molecule has 0 saturated heterocycles. The summed E-state index contributed by atoms with van der Waals surface area (Å²) in [6.45, 7) is 2.12. The van der Waals surface area contributed by atoms with Crippen molar-refractivity contribution in [2.75, 3.05) is 5.32 Å². The molecular formula is C23H22N2O2S2. The molecule has 3 aromatic rings. The van der Waals surface area contributed by atoms with Crippen LogP contribution in [0.5, 0.6) is 0 Å². The number of carbonyl (C=O) groups excluding carboxylic acids is 2. The standard InChI is InChI=1S/C23H22N2O2S2/c1-2-15-9-11-16(12-10-15)22(19-8-5-13-28-19)25-21(26)14-20-23(27)24-17-6-3-4-7-18(17)29-20/h3-13,20,22H,2,14H2,1H3,(H,24,27)(H,25,26). The van der Waals surface area contributed by atoms with Crippen molar-refractivity contribution < 1.29 is 9.59 Å². The van der Waals surface area contributed by atoms with E-state index in [-0.39, 0.29) is 24.3 Å². The molecule has 0 bridgehead atoms. The second-order valence-corrected chi connectivity index (χ2v) is 9.13. The van der Waals surface area contributed by atoms with Gasteiger partial charge in [-0.1, -0.05) is 49.4 Å². The molecule has 148 valence electrons. The number of para-hydroxylation sites is 1. The number of carbonyl (C=O) groups is 2. The number of thiophene rings is 1. The van der Waals surface area contributed by atoms with Crippen molar-refractivity contribution in [1.29, 1.82) is 0 Å². The first-order chi connectivity index (χ1) is 14.1. The summed E-state index contributed by atoms with van der Waals surface area (Å²) in [4.78, 5) is 27.4. The van der Waals surface area contributed by atoms with E-state index in [9.17, 15) is 9.59 Å². The number of thioether (sulfide) groups is 1. The average Bonchev–Trinajstić information content (AvgIpc) is 3.27. The third-order valence-electron chi connectivity index (χ3n) is 4.93. The first-order valence-corrected chi connectivity index (χ1v) is 11.4. The normalized spacial score (nSPS) is 16.6. The van der Waals surface area contributed by atoms with Crippen molar-refractivity contribution in [1.82, 2.24) is 5.32 Å². The SMILES string of the molecule is CCc1ccc(C(NC(=O)CC2Sc3ccccc3NC2=O)c2cccs2)cc1. The van der Waals surface area contributed by atoms with Gasteiger partial charge in [0.25, 0.3) is 0 Å². The highest BCUT2D eigenvalue weighted by Crippen LogP contribution is 2.37. The predicted octanol–water partition coefficient (Wildman–Crippen LogP) is 5.02. The van der Waals surface area contributed by atoms with Crippen LogP contribution in [0, 0.1) is 0 Å². The quantitative estimate of drug-likeness (QED) is 0.586. The minimum absolute atomic E-state index is 0.121. The number of rotatable bonds is 6. The average molecular weight is 423 g/mol. The molecule has 0 radical (unpaired) electrons. The maximum absolute atomic E-state index is 12.9. The molecular weight excluding hydrogens is 400 g/mol. The molecule has 2 amide bonds. The van der Waals surface area contributed by atoms with E-state index in [0.717, 1.165) is 27.4 Å². The Hall–Kier alpha value is -2.57. The predicted molar refractivity (Wildman–Crippen MR) is 119 cm³/mol. The Kier molecular flexibility index (Phi) is 6.02. The van der Waals surface area contributed by atoms with E-state index in [2.05, 4.69) is 41.8 Å². The van der Waals surface area contributed by atoms with Gasteiger partial charge in [-0.25, -0.2) is 0 Å². The Morgan fingerprint density at radius 1 is 1.10 bits per heavy atom. The molecule has 2 heterocycles. The van der Waals surface area contributed by atoms with Gasteiger partial charge in [0.15, 0.2) is 0 Å². The summed E-state index contributed by atoms with van der Waals surface area (Å²) in [6.07, 6.45) is 1.12. The maximum Gasteiger partial charge on any atom is 0.238 e. The number of hydrogen-bond donors (Lipinski definition) is 2. The number of aryl methyl sites for hydroxylation is 1. The molecule has 6 heteroatoms. The van der Waals surface area contributed by atoms with E-state index in [0.29, 0.717) is 0 Å². The number of hydrogen-bond acceptors (Lipinski definition) is 4. The number of benzene rings is 2. The van der Waals surface area contributed by atoms with Crippen LogP contribution in [0.3, 0.4) is 0 Å². The summed E-state index contributed by atoms with van der Waals surface area (Å²) in [5.74, 6) is -0.251. The highest BCUT2D eigenvalue weighted by molar-refractivity contribution is 8.01. The van der Waals surface area contributed by atoms with E-state index < -0.39 is 5.25 Å². The van der Waals surface area contributed by atoms with E-state index in [1.165, 1.54) is 17.3 Å². The summed E-state index contributed by atoms with van der Waals surface area (Å²) in [7, 11) is 0. The molecule has 0 spiro atoms. The van der Waals surface area contributed by atoms with Crippen LogP contribution < -0.4 is 10.6 Å². The molecule has 4 rings (SSSR count). The fraction of sp³-hybridized carbons (Fsp3) is 0.217. The van der Waals surface area contributed by atoms with Crippen LogP contribution >= 0.6 is 23.1 Å². The molecule has 1 aliphatic rings. The van der Waals surface area contributed by atoms with E-state index in [4.69, 9.17) is 0 Å². The van der Waals surface area contributed by atoms with Crippen LogP contribution in [0.4, 0.5) is 5.69 Å². The zero-order valence-corrected chi connectivity index (χ0v) is 17.7. The minimum Gasteiger partial charge on any atom is -0.344 e. The number of nitrogens with one attached hydrogen (secondary N) is 2. The van der Waals surface area contributed by atoms with E-state index >= 15 is 0 Å². The largest absolute Gasteiger partial charge is 0.344 e. The zero-order chi connectivity index (χ0) is 20.2. The Morgan fingerprint density at radius 3 is 2.62 bits per heavy atom. The Labute approximate surface area is 178 Å². The fourth-order valence-corrected chi connectivity index (χ4v) is 5.25. The fourth-order valence-electron chi connectivity index (χ4n) is 3.34. The topological polar surface area (TPSA) is 58.2 Å². The van der Waals surface area contributed by atoms with Crippen LogP contribution in [0.2, 0.25) is 0 Å². The van der Waals surface area contributed by atoms with Crippen molar-refractivity contribution in [3.8, 4) is 0 Å². The van der Waals surface area contributed by atoms with Crippen LogP contribution in [0.25, 0.3) is 0 Å². The minimum atomic E-state index is -0.434. The van der Waals surface area contributed by atoms with Crippen molar-refractivity contribution in [3.05, 3.63) is 82.0 Å². The molecule has 1 aliphatic heterocycles. The summed E-state index contributed by atoms with van der Waals surface area (Å²) >= 11 is 3.06. The van der Waals surface area contributed by atoms with Crippen LogP contribution in [0.1, 0.15) is 35.4 Å². The van der Waals surface area contributed by atoms with Gasteiger partial charge < -0.3 is 10.6 Å². The van der Waals surface area contributed by atoms with Crippen LogP contribution in [-0.2, 0) is 16.0 Å². The van der Waals surface area contributed by atoms with Crippen LogP contribution in [-0.4, -0.2) is 17.1 Å². The Balaban J connectivity index is 1.49. The second-order valence-electron chi connectivity index (χ2n) is 6.91. The molecule has 1 aromatic heterocycles. The molecule has 0 aliphatic carbocycles. The monoisotopic (exact) mass is 422 g/mol. The molecule has 4 nitrogen and oxygen atoms in total. The van der Waals surface area contributed by atoms with Gasteiger partial charge in [-0.3, -0.25) is 9.59 Å². The van der Waals surface area contributed by atoms with Gasteiger partial charge in [-0.05, 0) is 41.1 Å². The second kappa shape index (κ2) is 8.84. The number of fused-ring (bicyclic) bond motifs is 1. The Bertz CT molecular complexity index is 1000. The van der Waals surface area contributed by atoms with E-state index in [1.54, 1.807) is 11.3 Å². The molecule has 0 saturated carbocycles. The molecule has 29 heavy (non-hydrogen) atoms. The third kappa shape index (κ3) is 4.54. The lowest BCUT2D eigenvalue weighted by Gasteiger charge is -2.25. The lowest BCUT2D eigenvalue weighted by Crippen LogP contribution is -2.36. The highest BCUT2D eigenvalue weighted by atomic mass is 32.2. The highest BCUT2D eigenvalue weighted by Gasteiger charge is 2.30. The summed E-state index contributed by atoms with van der Waals surface area (Å²) in [6, 6.07) is 19.8. The van der Waals surface area contributed by atoms with Gasteiger partial charge in [-0.15, -0.1) is 23.1 Å². The van der Waals surface area contributed by atoms with Crippen LogP contribution in [0.15, 0.2) is 70.9 Å². The van der Waals surface area contributed by atoms with E-state index in [1.807, 2.05) is 41.8 Å².